The molecule has 29 heavy (non-hydrogen) atoms. The van der Waals surface area contributed by atoms with Crippen molar-refractivity contribution in [3.05, 3.63) is 60.2 Å². The van der Waals surface area contributed by atoms with E-state index in [1.165, 1.54) is 0 Å². The molecular weight excluding hydrogens is 368 g/mol. The van der Waals surface area contributed by atoms with Crippen LogP contribution in [-0.2, 0) is 9.59 Å². The summed E-state index contributed by atoms with van der Waals surface area (Å²) >= 11 is 0. The summed E-state index contributed by atoms with van der Waals surface area (Å²) in [7, 11) is 0. The molecule has 8 nitrogen and oxygen atoms in total. The molecule has 1 aliphatic rings. The third kappa shape index (κ3) is 5.97. The quantitative estimate of drug-likeness (QED) is 0.739. The SMILES string of the molecule is CCCC(=O)CCC(=O)Nc1ccc(C2=CCN=C(c3ccccn3)N=N2)nc1. The highest BCUT2D eigenvalue weighted by atomic mass is 16.2. The third-order valence-corrected chi connectivity index (χ3v) is 4.14. The van der Waals surface area contributed by atoms with Gasteiger partial charge in [0, 0.05) is 25.5 Å². The maximum atomic E-state index is 12.0. The number of hydrogen-bond donors (Lipinski definition) is 1. The number of nitrogens with one attached hydrogen (secondary N) is 1. The van der Waals surface area contributed by atoms with Crippen LogP contribution in [0.15, 0.2) is 64.0 Å². The second kappa shape index (κ2) is 10.1. The summed E-state index contributed by atoms with van der Waals surface area (Å²) in [5.74, 6) is 0.373. The van der Waals surface area contributed by atoms with Gasteiger partial charge < -0.3 is 5.32 Å². The minimum absolute atomic E-state index is 0.106. The van der Waals surface area contributed by atoms with Gasteiger partial charge in [0.1, 0.15) is 17.2 Å². The van der Waals surface area contributed by atoms with Crippen molar-refractivity contribution >= 4 is 28.9 Å². The maximum absolute atomic E-state index is 12.0. The van der Waals surface area contributed by atoms with Gasteiger partial charge in [-0.25, -0.2) is 0 Å². The van der Waals surface area contributed by atoms with Crippen LogP contribution in [0.4, 0.5) is 5.69 Å². The Morgan fingerprint density at radius 3 is 2.62 bits per heavy atom. The van der Waals surface area contributed by atoms with Crippen LogP contribution in [0, 0.1) is 0 Å². The van der Waals surface area contributed by atoms with Gasteiger partial charge in [-0.2, -0.15) is 0 Å². The van der Waals surface area contributed by atoms with Crippen LogP contribution in [0.3, 0.4) is 0 Å². The van der Waals surface area contributed by atoms with Gasteiger partial charge in [0.05, 0.1) is 24.1 Å². The first-order valence-electron chi connectivity index (χ1n) is 9.51. The number of aromatic nitrogens is 2. The fourth-order valence-corrected chi connectivity index (χ4v) is 2.67. The number of amides is 1. The van der Waals surface area contributed by atoms with E-state index < -0.39 is 0 Å². The van der Waals surface area contributed by atoms with Gasteiger partial charge in [-0.3, -0.25) is 24.5 Å². The molecule has 148 valence electrons. The number of rotatable bonds is 8. The summed E-state index contributed by atoms with van der Waals surface area (Å²) < 4.78 is 0. The van der Waals surface area contributed by atoms with Gasteiger partial charge in [-0.15, -0.1) is 10.2 Å². The van der Waals surface area contributed by atoms with Crippen LogP contribution in [0.1, 0.15) is 44.0 Å². The molecule has 0 saturated carbocycles. The Hall–Kier alpha value is -3.55. The summed E-state index contributed by atoms with van der Waals surface area (Å²) in [6, 6.07) is 9.03. The highest BCUT2D eigenvalue weighted by molar-refractivity contribution is 5.98. The highest BCUT2D eigenvalue weighted by Gasteiger charge is 2.10. The minimum Gasteiger partial charge on any atom is -0.325 e. The summed E-state index contributed by atoms with van der Waals surface area (Å²) in [5, 5.41) is 11.2. The number of carbonyl (C=O) groups excluding carboxylic acids is 2. The molecule has 0 atom stereocenters. The van der Waals surface area contributed by atoms with Crippen LogP contribution in [0.2, 0.25) is 0 Å². The first-order chi connectivity index (χ1) is 14.2. The van der Waals surface area contributed by atoms with Crippen molar-refractivity contribution in [3.63, 3.8) is 0 Å². The summed E-state index contributed by atoms with van der Waals surface area (Å²) in [5.41, 5.74) is 2.46. The van der Waals surface area contributed by atoms with Crippen molar-refractivity contribution in [3.8, 4) is 0 Å². The number of amidine groups is 1. The van der Waals surface area contributed by atoms with Gasteiger partial charge in [-0.05, 0) is 36.8 Å². The van der Waals surface area contributed by atoms with E-state index in [4.69, 9.17) is 0 Å². The average molecular weight is 390 g/mol. The largest absolute Gasteiger partial charge is 0.325 e. The predicted octanol–water partition coefficient (Wildman–Crippen LogP) is 3.82. The molecule has 3 heterocycles. The molecule has 8 heteroatoms. The molecule has 2 aromatic rings. The van der Waals surface area contributed by atoms with Crippen LogP contribution in [-0.4, -0.2) is 34.0 Å². The van der Waals surface area contributed by atoms with Gasteiger partial charge >= 0.3 is 0 Å². The minimum atomic E-state index is -0.203. The van der Waals surface area contributed by atoms with Crippen LogP contribution < -0.4 is 5.32 Å². The van der Waals surface area contributed by atoms with E-state index in [0.29, 0.717) is 41.6 Å². The molecule has 3 rings (SSSR count). The number of carbonyl (C=O) groups is 2. The van der Waals surface area contributed by atoms with Crippen LogP contribution in [0.25, 0.3) is 5.70 Å². The molecule has 0 radical (unpaired) electrons. The molecule has 0 aromatic carbocycles. The van der Waals surface area contributed by atoms with Gasteiger partial charge in [0.15, 0.2) is 5.84 Å². The lowest BCUT2D eigenvalue weighted by Crippen LogP contribution is -2.13. The van der Waals surface area contributed by atoms with Gasteiger partial charge in [-0.1, -0.05) is 13.0 Å². The van der Waals surface area contributed by atoms with E-state index >= 15 is 0 Å². The molecule has 1 N–H and O–H groups in total. The van der Waals surface area contributed by atoms with E-state index in [9.17, 15) is 9.59 Å². The first-order valence-corrected chi connectivity index (χ1v) is 9.51. The Labute approximate surface area is 168 Å². The molecule has 0 unspecified atom stereocenters. The van der Waals surface area contributed by atoms with Crippen LogP contribution in [0.5, 0.6) is 0 Å². The molecule has 1 aliphatic heterocycles. The lowest BCUT2D eigenvalue weighted by Gasteiger charge is -2.06. The fourth-order valence-electron chi connectivity index (χ4n) is 2.67. The van der Waals surface area contributed by atoms with E-state index in [2.05, 4.69) is 30.5 Å². The molecule has 0 bridgehead atoms. The Morgan fingerprint density at radius 2 is 1.90 bits per heavy atom. The lowest BCUT2D eigenvalue weighted by atomic mass is 10.1. The van der Waals surface area contributed by atoms with E-state index in [0.717, 1.165) is 6.42 Å². The van der Waals surface area contributed by atoms with Crippen molar-refractivity contribution in [2.24, 2.45) is 15.2 Å². The zero-order chi connectivity index (χ0) is 20.5. The fraction of sp³-hybridized carbons (Fsp3) is 0.286. The molecule has 0 saturated heterocycles. The first kappa shape index (κ1) is 20.2. The second-order valence-electron chi connectivity index (χ2n) is 6.44. The molecule has 0 fully saturated rings. The number of Topliss-reactive ketones (excluding diaryl/α,β-unsaturated/α-hetero) is 1. The summed E-state index contributed by atoms with van der Waals surface area (Å²) in [6.45, 7) is 2.36. The molecule has 2 aromatic heterocycles. The molecule has 0 aliphatic carbocycles. The van der Waals surface area contributed by atoms with Gasteiger partial charge in [0.2, 0.25) is 5.91 Å². The number of nitrogens with zero attached hydrogens (tertiary/aromatic N) is 5. The second-order valence-corrected chi connectivity index (χ2v) is 6.44. The van der Waals surface area contributed by atoms with E-state index in [1.807, 2.05) is 31.2 Å². The Balaban J connectivity index is 1.58. The number of ketones is 1. The maximum Gasteiger partial charge on any atom is 0.224 e. The number of hydrogen-bond acceptors (Lipinski definition) is 7. The van der Waals surface area contributed by atoms with Crippen molar-refractivity contribution < 1.29 is 9.59 Å². The average Bonchev–Trinajstić information content (AvgIpc) is 3.00. The number of aliphatic imine (C=N–C) groups is 1. The summed E-state index contributed by atoms with van der Waals surface area (Å²) in [4.78, 5) is 36.5. The molecule has 1 amide bonds. The Bertz CT molecular complexity index is 949. The van der Waals surface area contributed by atoms with Gasteiger partial charge in [0.25, 0.3) is 0 Å². The van der Waals surface area contributed by atoms with Crippen molar-refractivity contribution in [2.75, 3.05) is 11.9 Å². The Morgan fingerprint density at radius 1 is 1.00 bits per heavy atom. The highest BCUT2D eigenvalue weighted by Crippen LogP contribution is 2.19. The lowest BCUT2D eigenvalue weighted by molar-refractivity contribution is -0.122. The van der Waals surface area contributed by atoms with Crippen molar-refractivity contribution in [2.45, 2.75) is 32.6 Å². The normalized spacial score (nSPS) is 13.3. The van der Waals surface area contributed by atoms with Crippen molar-refractivity contribution in [1.29, 1.82) is 0 Å². The number of azo groups is 1. The smallest absolute Gasteiger partial charge is 0.224 e. The topological polar surface area (TPSA) is 109 Å². The zero-order valence-electron chi connectivity index (χ0n) is 16.2. The number of pyridine rings is 2. The van der Waals surface area contributed by atoms with Crippen molar-refractivity contribution in [1.82, 2.24) is 9.97 Å². The van der Waals surface area contributed by atoms with E-state index in [-0.39, 0.29) is 24.5 Å². The predicted molar refractivity (Wildman–Crippen MR) is 110 cm³/mol. The third-order valence-electron chi connectivity index (χ3n) is 4.14. The number of anilines is 1. The summed E-state index contributed by atoms with van der Waals surface area (Å²) in [6.07, 6.45) is 6.82. The molecular formula is C21H22N6O2. The zero-order valence-corrected chi connectivity index (χ0v) is 16.2. The standard InChI is InChI=1S/C21H22N6O2/c1-2-5-16(28)8-10-20(29)25-15-7-9-17(24-14-15)18-11-13-23-21(27-26-18)19-6-3-4-12-22-19/h3-4,6-7,9,11-12,14H,2,5,8,10,13H2,1H3,(H,25,29). The van der Waals surface area contributed by atoms with Crippen LogP contribution >= 0.6 is 0 Å². The Kier molecular flexibility index (Phi) is 7.05. The van der Waals surface area contributed by atoms with E-state index in [1.54, 1.807) is 24.5 Å². The molecule has 0 spiro atoms. The monoisotopic (exact) mass is 390 g/mol.